The Labute approximate surface area is 131 Å². The molecule has 0 aromatic rings. The van der Waals surface area contributed by atoms with Crippen LogP contribution in [0.1, 0.15) is 20.8 Å². The van der Waals surface area contributed by atoms with Crippen LogP contribution < -0.4 is 10.7 Å². The van der Waals surface area contributed by atoms with E-state index in [1.165, 1.54) is 10.4 Å². The minimum absolute atomic E-state index is 0.118. The highest BCUT2D eigenvalue weighted by molar-refractivity contribution is 6.10. The zero-order valence-electron chi connectivity index (χ0n) is 14.3. The number of ether oxygens (including phenoxy) is 1. The first-order chi connectivity index (χ1) is 10.9. The molecule has 2 N–H and O–H groups in total. The quantitative estimate of drug-likeness (QED) is 0.761. The van der Waals surface area contributed by atoms with E-state index in [4.69, 9.17) is 6.15 Å². The maximum atomic E-state index is 12.8. The Hall–Kier alpha value is -1.86. The summed E-state index contributed by atoms with van der Waals surface area (Å²) < 4.78 is 13.3. The highest BCUT2D eigenvalue weighted by Crippen LogP contribution is 2.29. The van der Waals surface area contributed by atoms with Crippen molar-refractivity contribution in [3.63, 3.8) is 0 Å². The predicted molar refractivity (Wildman–Crippen MR) is 79.9 cm³/mol. The van der Waals surface area contributed by atoms with Crippen molar-refractivity contribution < 1.29 is 15.7 Å². The number of carbonyl (C=O) groups is 2. The van der Waals surface area contributed by atoms with Gasteiger partial charge in [-0.15, -0.1) is 0 Å². The van der Waals surface area contributed by atoms with Crippen LogP contribution in [-0.2, 0) is 14.3 Å². The Balaban J connectivity index is 1.87. The molecule has 0 bridgehead atoms. The number of rotatable bonds is 4. The molecule has 1 unspecified atom stereocenters. The third-order valence-corrected chi connectivity index (χ3v) is 4.24. The van der Waals surface area contributed by atoms with Gasteiger partial charge in [0.25, 0.3) is 11.8 Å². The van der Waals surface area contributed by atoms with Crippen LogP contribution in [0.2, 0.25) is 1.41 Å². The summed E-state index contributed by atoms with van der Waals surface area (Å²) in [5.41, 5.74) is 1.93. The lowest BCUT2D eigenvalue weighted by atomic mass is 10.1. The molecule has 7 nitrogen and oxygen atoms in total. The van der Waals surface area contributed by atoms with Gasteiger partial charge in [-0.25, -0.2) is 10.4 Å². The van der Waals surface area contributed by atoms with Crippen LogP contribution in [0, 0.1) is 5.92 Å². The Kier molecular flexibility index (Phi) is 3.38. The van der Waals surface area contributed by atoms with E-state index in [1.54, 1.807) is 12.0 Å². The zero-order valence-corrected chi connectivity index (χ0v) is 13.3. The van der Waals surface area contributed by atoms with E-state index in [9.17, 15) is 9.59 Å². The summed E-state index contributed by atoms with van der Waals surface area (Å²) >= 11 is 0. The molecule has 3 heterocycles. The SMILES string of the molecule is [2H]N1C(C(C)C)C=C2NC3=C(CN([C@H](C)COC)C3=O)C(=O)N21. The van der Waals surface area contributed by atoms with Gasteiger partial charge >= 0.3 is 0 Å². The molecule has 120 valence electrons. The summed E-state index contributed by atoms with van der Waals surface area (Å²) in [6.07, 6.45) is 1.83. The highest BCUT2D eigenvalue weighted by atomic mass is 16.5. The fourth-order valence-corrected chi connectivity index (χ4v) is 2.88. The molecule has 2 atom stereocenters. The van der Waals surface area contributed by atoms with Crippen molar-refractivity contribution in [1.29, 1.82) is 0 Å². The van der Waals surface area contributed by atoms with Gasteiger partial charge in [0.2, 0.25) is 0 Å². The molecule has 0 radical (unpaired) electrons. The van der Waals surface area contributed by atoms with E-state index in [2.05, 4.69) is 5.32 Å². The van der Waals surface area contributed by atoms with Gasteiger partial charge < -0.3 is 15.0 Å². The number of hydrazine groups is 1. The van der Waals surface area contributed by atoms with Crippen molar-refractivity contribution in [3.05, 3.63) is 23.2 Å². The van der Waals surface area contributed by atoms with E-state index in [0.29, 0.717) is 23.7 Å². The van der Waals surface area contributed by atoms with Crippen LogP contribution in [-0.4, -0.2) is 54.1 Å². The van der Waals surface area contributed by atoms with Crippen LogP contribution in [0.15, 0.2) is 23.2 Å². The maximum absolute atomic E-state index is 12.8. The first-order valence-corrected chi connectivity index (χ1v) is 7.51. The molecule has 3 rings (SSSR count). The normalized spacial score (nSPS) is 27.0. The standard InChI is InChI=1S/C15H22N4O3/c1-8(2)11-5-12-16-13-10(14(20)19(12)17-11)6-18(15(13)21)9(3)7-22-4/h5,8-9,11,16-17H,6-7H2,1-4H3/t9-,11?/m1/s1/i/hD. The van der Waals surface area contributed by atoms with Gasteiger partial charge in [0, 0.05) is 7.11 Å². The van der Waals surface area contributed by atoms with E-state index < -0.39 is 0 Å². The van der Waals surface area contributed by atoms with E-state index in [-0.39, 0.29) is 36.4 Å². The molecule has 0 spiro atoms. The van der Waals surface area contributed by atoms with Crippen molar-refractivity contribution in [3.8, 4) is 0 Å². The number of nitrogens with one attached hydrogen (secondary N) is 2. The average Bonchev–Trinajstić information content (AvgIpc) is 2.99. The molecule has 3 aliphatic rings. The molecule has 0 saturated carbocycles. The van der Waals surface area contributed by atoms with Crippen LogP contribution >= 0.6 is 0 Å². The van der Waals surface area contributed by atoms with Gasteiger partial charge in [0.1, 0.15) is 12.9 Å². The van der Waals surface area contributed by atoms with Gasteiger partial charge in [0.05, 0.1) is 30.8 Å². The molecule has 2 amide bonds. The summed E-state index contributed by atoms with van der Waals surface area (Å²) in [4.78, 5) is 27.0. The Morgan fingerprint density at radius 2 is 2.14 bits per heavy atom. The number of hydrogen-bond donors (Lipinski definition) is 2. The summed E-state index contributed by atoms with van der Waals surface area (Å²) in [6, 6.07) is -0.313. The number of amides is 2. The number of methoxy groups -OCH3 is 1. The molecule has 0 aromatic carbocycles. The molecule has 0 aliphatic carbocycles. The van der Waals surface area contributed by atoms with Crippen molar-refractivity contribution in [2.75, 3.05) is 20.3 Å². The lowest BCUT2D eigenvalue weighted by Crippen LogP contribution is -2.49. The third kappa shape index (κ3) is 2.21. The van der Waals surface area contributed by atoms with Crippen LogP contribution in [0.4, 0.5) is 0 Å². The Bertz CT molecular complexity index is 616. The second-order valence-electron chi connectivity index (χ2n) is 6.23. The molecular formula is C15H22N4O3. The molecule has 0 fully saturated rings. The summed E-state index contributed by atoms with van der Waals surface area (Å²) in [7, 11) is 1.58. The van der Waals surface area contributed by atoms with Crippen molar-refractivity contribution in [1.82, 2.24) is 20.6 Å². The van der Waals surface area contributed by atoms with Crippen LogP contribution in [0.25, 0.3) is 0 Å². The van der Waals surface area contributed by atoms with Crippen LogP contribution in [0.3, 0.4) is 0 Å². The minimum Gasteiger partial charge on any atom is -0.383 e. The second-order valence-corrected chi connectivity index (χ2v) is 6.23. The Morgan fingerprint density at radius 3 is 2.77 bits per heavy atom. The second kappa shape index (κ2) is 5.40. The zero-order chi connectivity index (χ0) is 16.9. The minimum atomic E-state index is -0.302. The van der Waals surface area contributed by atoms with Crippen LogP contribution in [0.5, 0.6) is 0 Å². The summed E-state index contributed by atoms with van der Waals surface area (Å²) in [6.45, 7) is 6.52. The first kappa shape index (κ1) is 13.8. The van der Waals surface area contributed by atoms with Gasteiger partial charge in [-0.3, -0.25) is 9.59 Å². The van der Waals surface area contributed by atoms with Crippen molar-refractivity contribution in [2.24, 2.45) is 5.92 Å². The lowest BCUT2D eigenvalue weighted by Gasteiger charge is -2.27. The highest BCUT2D eigenvalue weighted by Gasteiger charge is 2.44. The number of carbonyl (C=O) groups excluding carboxylic acids is 2. The number of nitrogens with zero attached hydrogens (tertiary/aromatic N) is 2. The van der Waals surface area contributed by atoms with E-state index >= 15 is 0 Å². The van der Waals surface area contributed by atoms with Gasteiger partial charge in [-0.2, -0.15) is 0 Å². The maximum Gasteiger partial charge on any atom is 0.274 e. The monoisotopic (exact) mass is 307 g/mol. The smallest absolute Gasteiger partial charge is 0.274 e. The topological polar surface area (TPSA) is 73.9 Å². The molecule has 0 saturated heterocycles. The average molecular weight is 307 g/mol. The molecular weight excluding hydrogens is 284 g/mol. The molecule has 0 aromatic heterocycles. The van der Waals surface area contributed by atoms with Gasteiger partial charge in [-0.05, 0) is 18.9 Å². The Morgan fingerprint density at radius 1 is 1.41 bits per heavy atom. The number of hydrogen-bond acceptors (Lipinski definition) is 5. The predicted octanol–water partition coefficient (Wildman–Crippen LogP) is -0.0664. The van der Waals surface area contributed by atoms with Crippen molar-refractivity contribution in [2.45, 2.75) is 32.9 Å². The van der Waals surface area contributed by atoms with Crippen molar-refractivity contribution >= 4 is 11.8 Å². The molecule has 7 heteroatoms. The molecule has 3 aliphatic heterocycles. The largest absolute Gasteiger partial charge is 0.383 e. The van der Waals surface area contributed by atoms with Gasteiger partial charge in [0.15, 0.2) is 0 Å². The fraction of sp³-hybridized carbons (Fsp3) is 0.600. The molecule has 22 heavy (non-hydrogen) atoms. The van der Waals surface area contributed by atoms with E-state index in [0.717, 1.165) is 0 Å². The fourth-order valence-electron chi connectivity index (χ4n) is 2.88. The summed E-state index contributed by atoms with van der Waals surface area (Å²) in [5, 5.41) is 4.36. The van der Waals surface area contributed by atoms with E-state index in [1.807, 2.05) is 26.8 Å². The van der Waals surface area contributed by atoms with Gasteiger partial charge in [-0.1, -0.05) is 13.8 Å². The number of fused-ring (bicyclic) bond motifs is 1. The third-order valence-electron chi connectivity index (χ3n) is 4.24. The lowest BCUT2D eigenvalue weighted by molar-refractivity contribution is -0.129. The summed E-state index contributed by atoms with van der Waals surface area (Å²) in [5.74, 6) is 0.188. The first-order valence-electron chi connectivity index (χ1n) is 7.96.